The first kappa shape index (κ1) is 20.4. The standard InChI is InChI=1S/C19H19F3N4O3/c1-10(2)24-17-16-13(23-9-26(3)18(16)27)8-12(25-17)11-5-6-14(28-4)15(7-11)29-19(20,21)22/h5-10H,1-4H3,(H,24,25). The molecule has 2 heterocycles. The predicted octanol–water partition coefficient (Wildman–Crippen LogP) is 3.72. The number of methoxy groups -OCH3 is 1. The van der Waals surface area contributed by atoms with Gasteiger partial charge in [-0.1, -0.05) is 0 Å². The van der Waals surface area contributed by atoms with E-state index in [2.05, 4.69) is 20.0 Å². The van der Waals surface area contributed by atoms with Crippen molar-refractivity contribution in [3.05, 3.63) is 40.9 Å². The van der Waals surface area contributed by atoms with Gasteiger partial charge in [-0.05, 0) is 38.1 Å². The molecule has 0 amide bonds. The molecule has 0 fully saturated rings. The van der Waals surface area contributed by atoms with E-state index < -0.39 is 12.1 Å². The number of anilines is 1. The van der Waals surface area contributed by atoms with Gasteiger partial charge in [0, 0.05) is 18.7 Å². The van der Waals surface area contributed by atoms with E-state index in [-0.39, 0.29) is 17.4 Å². The van der Waals surface area contributed by atoms with Crippen LogP contribution < -0.4 is 20.3 Å². The molecule has 7 nitrogen and oxygen atoms in total. The molecule has 0 unspecified atom stereocenters. The number of pyridine rings is 1. The fraction of sp³-hybridized carbons (Fsp3) is 0.316. The van der Waals surface area contributed by atoms with Crippen LogP contribution in [0.5, 0.6) is 11.5 Å². The highest BCUT2D eigenvalue weighted by atomic mass is 19.4. The first-order valence-corrected chi connectivity index (χ1v) is 8.66. The lowest BCUT2D eigenvalue weighted by Gasteiger charge is -2.16. The highest BCUT2D eigenvalue weighted by molar-refractivity contribution is 5.91. The zero-order valence-electron chi connectivity index (χ0n) is 16.2. The van der Waals surface area contributed by atoms with Gasteiger partial charge in [-0.2, -0.15) is 0 Å². The minimum Gasteiger partial charge on any atom is -0.493 e. The number of hydrogen-bond donors (Lipinski definition) is 1. The molecule has 154 valence electrons. The summed E-state index contributed by atoms with van der Waals surface area (Å²) in [5.74, 6) is -0.260. The van der Waals surface area contributed by atoms with Crippen LogP contribution in [-0.2, 0) is 7.05 Å². The number of rotatable bonds is 5. The van der Waals surface area contributed by atoms with Crippen LogP contribution in [0.15, 0.2) is 35.4 Å². The molecule has 0 bridgehead atoms. The van der Waals surface area contributed by atoms with Gasteiger partial charge in [0.05, 0.1) is 24.6 Å². The van der Waals surface area contributed by atoms with Crippen molar-refractivity contribution in [2.45, 2.75) is 26.3 Å². The van der Waals surface area contributed by atoms with Crippen LogP contribution in [0.4, 0.5) is 19.0 Å². The van der Waals surface area contributed by atoms with E-state index in [1.165, 1.54) is 30.1 Å². The summed E-state index contributed by atoms with van der Waals surface area (Å²) in [5.41, 5.74) is 0.765. The maximum atomic E-state index is 12.7. The number of aromatic nitrogens is 3. The van der Waals surface area contributed by atoms with Crippen LogP contribution in [0.2, 0.25) is 0 Å². The molecule has 0 saturated carbocycles. The Morgan fingerprint density at radius 2 is 1.90 bits per heavy atom. The molecule has 0 spiro atoms. The minimum absolute atomic E-state index is 0.0362. The highest BCUT2D eigenvalue weighted by Crippen LogP contribution is 2.36. The summed E-state index contributed by atoms with van der Waals surface area (Å²) < 4.78 is 48.6. The van der Waals surface area contributed by atoms with Crippen LogP contribution in [0, 0.1) is 0 Å². The fourth-order valence-corrected chi connectivity index (χ4v) is 2.79. The molecular weight excluding hydrogens is 389 g/mol. The average molecular weight is 408 g/mol. The summed E-state index contributed by atoms with van der Waals surface area (Å²) in [5, 5.41) is 3.40. The average Bonchev–Trinajstić information content (AvgIpc) is 2.62. The number of alkyl halides is 3. The Labute approximate surface area is 164 Å². The number of nitrogens with zero attached hydrogens (tertiary/aromatic N) is 3. The minimum atomic E-state index is -4.87. The van der Waals surface area contributed by atoms with Crippen LogP contribution in [-0.4, -0.2) is 34.0 Å². The molecule has 3 aromatic rings. The number of aryl methyl sites for hydroxylation is 1. The largest absolute Gasteiger partial charge is 0.573 e. The Hall–Kier alpha value is -3.30. The molecule has 0 aliphatic carbocycles. The summed E-state index contributed by atoms with van der Waals surface area (Å²) in [6, 6.07) is 5.60. The summed E-state index contributed by atoms with van der Waals surface area (Å²) in [7, 11) is 2.82. The lowest BCUT2D eigenvalue weighted by molar-refractivity contribution is -0.275. The van der Waals surface area contributed by atoms with Crippen molar-refractivity contribution in [3.8, 4) is 22.8 Å². The molecular formula is C19H19F3N4O3. The summed E-state index contributed by atoms with van der Waals surface area (Å²) in [6.07, 6.45) is -3.50. The molecule has 1 N–H and O–H groups in total. The van der Waals surface area contributed by atoms with Crippen molar-refractivity contribution in [1.82, 2.24) is 14.5 Å². The third-order valence-electron chi connectivity index (χ3n) is 4.01. The van der Waals surface area contributed by atoms with E-state index in [0.29, 0.717) is 28.0 Å². The molecule has 3 rings (SSSR count). The van der Waals surface area contributed by atoms with Crippen molar-refractivity contribution in [2.24, 2.45) is 7.05 Å². The Morgan fingerprint density at radius 3 is 2.52 bits per heavy atom. The quantitative estimate of drug-likeness (QED) is 0.693. The Kier molecular flexibility index (Phi) is 5.36. The van der Waals surface area contributed by atoms with E-state index in [4.69, 9.17) is 4.74 Å². The molecule has 1 aromatic carbocycles. The van der Waals surface area contributed by atoms with E-state index in [9.17, 15) is 18.0 Å². The number of benzene rings is 1. The highest BCUT2D eigenvalue weighted by Gasteiger charge is 2.32. The van der Waals surface area contributed by atoms with Gasteiger partial charge in [0.15, 0.2) is 11.5 Å². The van der Waals surface area contributed by atoms with E-state index >= 15 is 0 Å². The van der Waals surface area contributed by atoms with Gasteiger partial charge < -0.3 is 19.4 Å². The van der Waals surface area contributed by atoms with E-state index in [0.717, 1.165) is 0 Å². The smallest absolute Gasteiger partial charge is 0.493 e. The van der Waals surface area contributed by atoms with E-state index in [1.54, 1.807) is 19.2 Å². The van der Waals surface area contributed by atoms with Crippen LogP contribution >= 0.6 is 0 Å². The lowest BCUT2D eigenvalue weighted by Crippen LogP contribution is -2.21. The molecule has 29 heavy (non-hydrogen) atoms. The van der Waals surface area contributed by atoms with Crippen LogP contribution in [0.25, 0.3) is 22.2 Å². The van der Waals surface area contributed by atoms with Crippen molar-refractivity contribution < 1.29 is 22.6 Å². The van der Waals surface area contributed by atoms with Gasteiger partial charge in [0.1, 0.15) is 11.2 Å². The van der Waals surface area contributed by atoms with Gasteiger partial charge in [0.25, 0.3) is 5.56 Å². The van der Waals surface area contributed by atoms with E-state index in [1.807, 2.05) is 13.8 Å². The maximum Gasteiger partial charge on any atom is 0.573 e. The number of halogens is 3. The number of ether oxygens (including phenoxy) is 2. The molecule has 2 aromatic heterocycles. The van der Waals surface area contributed by atoms with Gasteiger partial charge in [0.2, 0.25) is 0 Å². The second-order valence-corrected chi connectivity index (χ2v) is 6.62. The Balaban J connectivity index is 2.21. The molecule has 0 aliphatic rings. The summed E-state index contributed by atoms with van der Waals surface area (Å²) in [6.45, 7) is 3.76. The first-order valence-electron chi connectivity index (χ1n) is 8.66. The van der Waals surface area contributed by atoms with Gasteiger partial charge in [-0.3, -0.25) is 4.79 Å². The summed E-state index contributed by atoms with van der Waals surface area (Å²) in [4.78, 5) is 21.3. The molecule has 0 atom stereocenters. The normalized spacial score (nSPS) is 11.7. The van der Waals surface area contributed by atoms with Crippen molar-refractivity contribution in [2.75, 3.05) is 12.4 Å². The second-order valence-electron chi connectivity index (χ2n) is 6.62. The maximum absolute atomic E-state index is 12.7. The van der Waals surface area contributed by atoms with Crippen molar-refractivity contribution >= 4 is 16.7 Å². The third kappa shape index (κ3) is 4.41. The monoisotopic (exact) mass is 408 g/mol. The van der Waals surface area contributed by atoms with Crippen LogP contribution in [0.1, 0.15) is 13.8 Å². The number of fused-ring (bicyclic) bond motifs is 1. The van der Waals surface area contributed by atoms with Gasteiger partial charge >= 0.3 is 6.36 Å². The third-order valence-corrected chi connectivity index (χ3v) is 4.01. The van der Waals surface area contributed by atoms with Crippen molar-refractivity contribution in [3.63, 3.8) is 0 Å². The lowest BCUT2D eigenvalue weighted by atomic mass is 10.1. The zero-order valence-corrected chi connectivity index (χ0v) is 16.2. The molecule has 0 radical (unpaired) electrons. The fourth-order valence-electron chi connectivity index (χ4n) is 2.79. The topological polar surface area (TPSA) is 78.3 Å². The van der Waals surface area contributed by atoms with Crippen molar-refractivity contribution in [1.29, 1.82) is 0 Å². The number of nitrogens with one attached hydrogen (secondary N) is 1. The van der Waals surface area contributed by atoms with Gasteiger partial charge in [-0.25, -0.2) is 9.97 Å². The second kappa shape index (κ2) is 7.61. The molecule has 0 aliphatic heterocycles. The van der Waals surface area contributed by atoms with Gasteiger partial charge in [-0.15, -0.1) is 13.2 Å². The Morgan fingerprint density at radius 1 is 1.17 bits per heavy atom. The summed E-state index contributed by atoms with van der Waals surface area (Å²) >= 11 is 0. The Bertz CT molecular complexity index is 1110. The molecule has 0 saturated heterocycles. The zero-order chi connectivity index (χ0) is 21.3. The van der Waals surface area contributed by atoms with Crippen LogP contribution in [0.3, 0.4) is 0 Å². The number of hydrogen-bond acceptors (Lipinski definition) is 6. The first-order chi connectivity index (χ1) is 13.6. The predicted molar refractivity (Wildman–Crippen MR) is 102 cm³/mol. The SMILES string of the molecule is COc1ccc(-c2cc3ncn(C)c(=O)c3c(NC(C)C)n2)cc1OC(F)(F)F. The molecule has 10 heteroatoms.